The Morgan fingerprint density at radius 3 is 2.87 bits per heavy atom. The molecule has 0 amide bonds. The van der Waals surface area contributed by atoms with Gasteiger partial charge in [0, 0.05) is 25.1 Å². The number of phenols is 1. The maximum absolute atomic E-state index is 9.56. The molecule has 0 aromatic heterocycles. The number of phenolic OH excluding ortho intramolecular Hbond substituents is 1. The molecule has 0 atom stereocenters. The molecular formula is C12H16N2O. The molecule has 1 heterocycles. The number of aliphatic imine (C=N–C) groups is 1. The van der Waals surface area contributed by atoms with Crippen molar-refractivity contribution in [3.8, 4) is 5.75 Å². The van der Waals surface area contributed by atoms with Gasteiger partial charge in [0.25, 0.3) is 0 Å². The van der Waals surface area contributed by atoms with Crippen LogP contribution in [0.2, 0.25) is 0 Å². The summed E-state index contributed by atoms with van der Waals surface area (Å²) in [5.74, 6) is 1.42. The Hall–Kier alpha value is -1.51. The Balaban J connectivity index is 1.93. The number of nitrogens with one attached hydrogen (secondary N) is 1. The molecule has 80 valence electrons. The van der Waals surface area contributed by atoms with Crippen LogP contribution in [-0.4, -0.2) is 17.5 Å². The molecule has 0 bridgehead atoms. The fourth-order valence-corrected chi connectivity index (χ4v) is 1.70. The van der Waals surface area contributed by atoms with E-state index in [0.717, 1.165) is 24.4 Å². The van der Waals surface area contributed by atoms with Gasteiger partial charge in [-0.25, -0.2) is 0 Å². The van der Waals surface area contributed by atoms with Crippen LogP contribution in [-0.2, 0) is 6.54 Å². The number of rotatable bonds is 2. The lowest BCUT2D eigenvalue weighted by Crippen LogP contribution is -2.25. The minimum absolute atomic E-state index is 0.349. The topological polar surface area (TPSA) is 44.6 Å². The summed E-state index contributed by atoms with van der Waals surface area (Å²) in [5, 5.41) is 12.8. The Kier molecular flexibility index (Phi) is 3.22. The van der Waals surface area contributed by atoms with Gasteiger partial charge in [-0.3, -0.25) is 4.99 Å². The van der Waals surface area contributed by atoms with E-state index in [1.54, 1.807) is 6.07 Å². The van der Waals surface area contributed by atoms with E-state index in [0.29, 0.717) is 12.3 Å². The number of amidine groups is 1. The van der Waals surface area contributed by atoms with Crippen molar-refractivity contribution in [1.82, 2.24) is 5.32 Å². The number of hydrogen-bond donors (Lipinski definition) is 2. The highest BCUT2D eigenvalue weighted by Crippen LogP contribution is 2.15. The summed E-state index contributed by atoms with van der Waals surface area (Å²) in [6, 6.07) is 7.39. The molecule has 0 spiro atoms. The molecule has 3 nitrogen and oxygen atoms in total. The molecule has 0 saturated carbocycles. The monoisotopic (exact) mass is 204 g/mol. The molecule has 0 radical (unpaired) electrons. The summed E-state index contributed by atoms with van der Waals surface area (Å²) in [5.41, 5.74) is 0.922. The van der Waals surface area contributed by atoms with Crippen LogP contribution in [0.1, 0.15) is 24.8 Å². The lowest BCUT2D eigenvalue weighted by atomic mass is 10.1. The molecule has 0 unspecified atom stereocenters. The van der Waals surface area contributed by atoms with Gasteiger partial charge in [0.15, 0.2) is 0 Å². The van der Waals surface area contributed by atoms with E-state index < -0.39 is 0 Å². The number of aromatic hydroxyl groups is 1. The predicted molar refractivity (Wildman–Crippen MR) is 61.1 cm³/mol. The quantitative estimate of drug-likeness (QED) is 0.774. The molecule has 1 aromatic carbocycles. The third-order valence-corrected chi connectivity index (χ3v) is 2.60. The van der Waals surface area contributed by atoms with Gasteiger partial charge in [-0.15, -0.1) is 0 Å². The second-order valence-electron chi connectivity index (χ2n) is 3.77. The lowest BCUT2D eigenvalue weighted by molar-refractivity contribution is 0.467. The fraction of sp³-hybridized carbons (Fsp3) is 0.417. The smallest absolute Gasteiger partial charge is 0.120 e. The van der Waals surface area contributed by atoms with Crippen LogP contribution in [0.5, 0.6) is 5.75 Å². The Labute approximate surface area is 89.9 Å². The van der Waals surface area contributed by atoms with Gasteiger partial charge in [-0.2, -0.15) is 0 Å². The van der Waals surface area contributed by atoms with Crippen molar-refractivity contribution < 1.29 is 5.11 Å². The van der Waals surface area contributed by atoms with Crippen molar-refractivity contribution in [3.63, 3.8) is 0 Å². The van der Waals surface area contributed by atoms with Crippen molar-refractivity contribution in [2.45, 2.75) is 25.8 Å². The van der Waals surface area contributed by atoms with E-state index in [1.807, 2.05) is 18.2 Å². The summed E-state index contributed by atoms with van der Waals surface area (Å²) in [7, 11) is 0. The first-order valence-electron chi connectivity index (χ1n) is 5.40. The zero-order valence-electron chi connectivity index (χ0n) is 8.74. The fourth-order valence-electron chi connectivity index (χ4n) is 1.70. The van der Waals surface area contributed by atoms with Crippen LogP contribution in [0.15, 0.2) is 29.3 Å². The molecule has 0 aliphatic carbocycles. The first-order chi connectivity index (χ1) is 7.36. The molecule has 1 aliphatic rings. The molecular weight excluding hydrogens is 188 g/mol. The molecule has 15 heavy (non-hydrogen) atoms. The molecule has 1 aliphatic heterocycles. The number of hydrogen-bond acceptors (Lipinski definition) is 3. The van der Waals surface area contributed by atoms with Crippen LogP contribution < -0.4 is 5.32 Å². The molecule has 1 aromatic rings. The Morgan fingerprint density at radius 1 is 1.27 bits per heavy atom. The van der Waals surface area contributed by atoms with Crippen molar-refractivity contribution in [2.24, 2.45) is 4.99 Å². The third kappa shape index (κ3) is 2.72. The standard InChI is InChI=1S/C12H16N2O/c15-11-6-2-1-5-10(11)9-14-12-7-3-4-8-13-12/h1-2,5-6,15H,3-4,7-9H2,(H,13,14). The van der Waals surface area contributed by atoms with Gasteiger partial charge >= 0.3 is 0 Å². The van der Waals surface area contributed by atoms with Crippen molar-refractivity contribution >= 4 is 5.84 Å². The minimum atomic E-state index is 0.349. The van der Waals surface area contributed by atoms with E-state index >= 15 is 0 Å². The zero-order chi connectivity index (χ0) is 10.5. The third-order valence-electron chi connectivity index (χ3n) is 2.60. The lowest BCUT2D eigenvalue weighted by Gasteiger charge is -2.14. The predicted octanol–water partition coefficient (Wildman–Crippen LogP) is 2.06. The molecule has 2 rings (SSSR count). The van der Waals surface area contributed by atoms with Gasteiger partial charge in [-0.05, 0) is 18.9 Å². The maximum atomic E-state index is 9.56. The summed E-state index contributed by atoms with van der Waals surface area (Å²) in [6.45, 7) is 1.59. The van der Waals surface area contributed by atoms with E-state index in [1.165, 1.54) is 12.8 Å². The second kappa shape index (κ2) is 4.82. The molecule has 0 fully saturated rings. The van der Waals surface area contributed by atoms with Crippen molar-refractivity contribution in [2.75, 3.05) is 6.54 Å². The van der Waals surface area contributed by atoms with Gasteiger partial charge in [0.2, 0.25) is 0 Å². The normalized spacial score (nSPS) is 15.9. The van der Waals surface area contributed by atoms with Crippen LogP contribution in [0.4, 0.5) is 0 Å². The minimum Gasteiger partial charge on any atom is -0.508 e. The van der Waals surface area contributed by atoms with Gasteiger partial charge < -0.3 is 10.4 Å². The summed E-state index contributed by atoms with van der Waals surface area (Å²) in [4.78, 5) is 4.40. The van der Waals surface area contributed by atoms with E-state index in [2.05, 4.69) is 10.3 Å². The Morgan fingerprint density at radius 2 is 2.13 bits per heavy atom. The molecule has 3 heteroatoms. The second-order valence-corrected chi connectivity index (χ2v) is 3.77. The van der Waals surface area contributed by atoms with Crippen LogP contribution >= 0.6 is 0 Å². The highest BCUT2D eigenvalue weighted by molar-refractivity contribution is 5.82. The van der Waals surface area contributed by atoms with Crippen LogP contribution in [0, 0.1) is 0 Å². The summed E-state index contributed by atoms with van der Waals surface area (Å²) < 4.78 is 0. The van der Waals surface area contributed by atoms with Gasteiger partial charge in [0.1, 0.15) is 5.75 Å². The average molecular weight is 204 g/mol. The van der Waals surface area contributed by atoms with E-state index in [4.69, 9.17) is 0 Å². The Bertz CT molecular complexity index is 360. The number of para-hydroxylation sites is 1. The highest BCUT2D eigenvalue weighted by atomic mass is 16.3. The van der Waals surface area contributed by atoms with Crippen LogP contribution in [0.3, 0.4) is 0 Å². The van der Waals surface area contributed by atoms with Crippen LogP contribution in [0.25, 0.3) is 0 Å². The van der Waals surface area contributed by atoms with Gasteiger partial charge in [-0.1, -0.05) is 18.2 Å². The van der Waals surface area contributed by atoms with E-state index in [-0.39, 0.29) is 0 Å². The highest BCUT2D eigenvalue weighted by Gasteiger charge is 2.05. The van der Waals surface area contributed by atoms with Gasteiger partial charge in [0.05, 0.1) is 5.84 Å². The number of benzene rings is 1. The molecule has 2 N–H and O–H groups in total. The first kappa shape index (κ1) is 10.0. The summed E-state index contributed by atoms with van der Waals surface area (Å²) >= 11 is 0. The molecule has 0 saturated heterocycles. The largest absolute Gasteiger partial charge is 0.508 e. The SMILES string of the molecule is Oc1ccccc1CNC1=NCCCC1. The number of nitrogens with zero attached hydrogens (tertiary/aromatic N) is 1. The van der Waals surface area contributed by atoms with Crippen molar-refractivity contribution in [1.29, 1.82) is 0 Å². The average Bonchev–Trinajstić information content (AvgIpc) is 2.29. The maximum Gasteiger partial charge on any atom is 0.120 e. The van der Waals surface area contributed by atoms with E-state index in [9.17, 15) is 5.11 Å². The first-order valence-corrected chi connectivity index (χ1v) is 5.40. The zero-order valence-corrected chi connectivity index (χ0v) is 8.74. The summed E-state index contributed by atoms with van der Waals surface area (Å²) in [6.07, 6.45) is 3.45. The van der Waals surface area contributed by atoms with Crippen molar-refractivity contribution in [3.05, 3.63) is 29.8 Å².